The van der Waals surface area contributed by atoms with Gasteiger partial charge in [-0.05, 0) is 55.8 Å². The van der Waals surface area contributed by atoms with Crippen molar-refractivity contribution in [1.29, 1.82) is 0 Å². The summed E-state index contributed by atoms with van der Waals surface area (Å²) in [5, 5.41) is 9.52. The number of nitrogens with zero attached hydrogens (tertiary/aromatic N) is 1. The SMILES string of the molecule is CN(C)c1ccc(Br)cc1SNC1CCC(O)CC1. The fourth-order valence-electron chi connectivity index (χ4n) is 2.28. The Labute approximate surface area is 128 Å². The van der Waals surface area contributed by atoms with Crippen LogP contribution in [0.15, 0.2) is 27.6 Å². The van der Waals surface area contributed by atoms with Crippen molar-refractivity contribution in [3.05, 3.63) is 22.7 Å². The largest absolute Gasteiger partial charge is 0.393 e. The number of benzene rings is 1. The molecular formula is C14H21BrN2OS. The topological polar surface area (TPSA) is 35.5 Å². The van der Waals surface area contributed by atoms with Crippen LogP contribution in [0.2, 0.25) is 0 Å². The molecule has 3 nitrogen and oxygen atoms in total. The first-order valence-corrected chi connectivity index (χ1v) is 8.24. The Bertz CT molecular complexity index is 420. The van der Waals surface area contributed by atoms with E-state index in [1.807, 2.05) is 0 Å². The van der Waals surface area contributed by atoms with Crippen LogP contribution in [0.25, 0.3) is 0 Å². The van der Waals surface area contributed by atoms with E-state index in [4.69, 9.17) is 0 Å². The third-order valence-electron chi connectivity index (χ3n) is 3.44. The fraction of sp³-hybridized carbons (Fsp3) is 0.571. The van der Waals surface area contributed by atoms with E-state index in [1.165, 1.54) is 10.6 Å². The summed E-state index contributed by atoms with van der Waals surface area (Å²) < 4.78 is 4.64. The summed E-state index contributed by atoms with van der Waals surface area (Å²) in [6.45, 7) is 0. The first-order valence-electron chi connectivity index (χ1n) is 6.63. The molecule has 1 aliphatic carbocycles. The molecule has 2 N–H and O–H groups in total. The van der Waals surface area contributed by atoms with E-state index in [9.17, 15) is 5.11 Å². The van der Waals surface area contributed by atoms with E-state index in [1.54, 1.807) is 11.9 Å². The van der Waals surface area contributed by atoms with E-state index in [-0.39, 0.29) is 6.10 Å². The minimum absolute atomic E-state index is 0.0914. The van der Waals surface area contributed by atoms with Crippen molar-refractivity contribution in [3.63, 3.8) is 0 Å². The molecule has 0 spiro atoms. The molecule has 1 aromatic rings. The van der Waals surface area contributed by atoms with Crippen LogP contribution < -0.4 is 9.62 Å². The lowest BCUT2D eigenvalue weighted by molar-refractivity contribution is 0.121. The van der Waals surface area contributed by atoms with Gasteiger partial charge in [0.2, 0.25) is 0 Å². The van der Waals surface area contributed by atoms with Gasteiger partial charge >= 0.3 is 0 Å². The van der Waals surface area contributed by atoms with E-state index < -0.39 is 0 Å². The summed E-state index contributed by atoms with van der Waals surface area (Å²) in [6, 6.07) is 6.84. The maximum absolute atomic E-state index is 9.52. The second kappa shape index (κ2) is 6.97. The average molecular weight is 345 g/mol. The average Bonchev–Trinajstić information content (AvgIpc) is 2.38. The van der Waals surface area contributed by atoms with Crippen LogP contribution in [-0.4, -0.2) is 31.3 Å². The summed E-state index contributed by atoms with van der Waals surface area (Å²) in [4.78, 5) is 3.35. The number of aliphatic hydroxyl groups excluding tert-OH is 1. The van der Waals surface area contributed by atoms with Crippen molar-refractivity contribution in [2.75, 3.05) is 19.0 Å². The Balaban J connectivity index is 1.97. The molecule has 0 saturated heterocycles. The highest BCUT2D eigenvalue weighted by molar-refractivity contribution is 9.10. The monoisotopic (exact) mass is 344 g/mol. The van der Waals surface area contributed by atoms with E-state index in [2.05, 4.69) is 57.8 Å². The van der Waals surface area contributed by atoms with Crippen molar-refractivity contribution in [1.82, 2.24) is 4.72 Å². The standard InChI is InChI=1S/C14H21BrN2OS/c1-17(2)13-8-3-10(15)9-14(13)19-16-11-4-6-12(18)7-5-11/h3,8-9,11-12,16,18H,4-7H2,1-2H3. The zero-order chi connectivity index (χ0) is 13.8. The summed E-state index contributed by atoms with van der Waals surface area (Å²) in [6.07, 6.45) is 3.85. The minimum atomic E-state index is -0.0914. The molecule has 0 atom stereocenters. The number of rotatable bonds is 4. The van der Waals surface area contributed by atoms with Gasteiger partial charge in [-0.3, -0.25) is 4.72 Å². The van der Waals surface area contributed by atoms with Crippen molar-refractivity contribution >= 4 is 33.6 Å². The normalized spacial score (nSPS) is 23.4. The van der Waals surface area contributed by atoms with Crippen molar-refractivity contribution < 1.29 is 5.11 Å². The van der Waals surface area contributed by atoms with Gasteiger partial charge in [0.25, 0.3) is 0 Å². The molecule has 0 radical (unpaired) electrons. The number of hydrogen-bond acceptors (Lipinski definition) is 4. The van der Waals surface area contributed by atoms with Gasteiger partial charge in [-0.15, -0.1) is 0 Å². The van der Waals surface area contributed by atoms with Crippen molar-refractivity contribution in [3.8, 4) is 0 Å². The molecule has 1 fully saturated rings. The number of halogens is 1. The van der Waals surface area contributed by atoms with E-state index in [0.29, 0.717) is 6.04 Å². The first-order chi connectivity index (χ1) is 9.06. The lowest BCUT2D eigenvalue weighted by Gasteiger charge is -2.26. The molecule has 5 heteroatoms. The van der Waals surface area contributed by atoms with Crippen molar-refractivity contribution in [2.24, 2.45) is 0 Å². The van der Waals surface area contributed by atoms with Crippen LogP contribution >= 0.6 is 27.9 Å². The van der Waals surface area contributed by atoms with Gasteiger partial charge < -0.3 is 10.0 Å². The van der Waals surface area contributed by atoms with Gasteiger partial charge in [0.15, 0.2) is 0 Å². The molecule has 1 aliphatic rings. The molecule has 0 unspecified atom stereocenters. The van der Waals surface area contributed by atoms with Crippen LogP contribution in [0.1, 0.15) is 25.7 Å². The Morgan fingerprint density at radius 2 is 1.95 bits per heavy atom. The Morgan fingerprint density at radius 3 is 2.58 bits per heavy atom. The smallest absolute Gasteiger partial charge is 0.0541 e. The van der Waals surface area contributed by atoms with Gasteiger partial charge in [-0.2, -0.15) is 0 Å². The van der Waals surface area contributed by atoms with Gasteiger partial charge in [-0.1, -0.05) is 15.9 Å². The van der Waals surface area contributed by atoms with Gasteiger partial charge in [0.1, 0.15) is 0 Å². The molecule has 2 rings (SSSR count). The molecule has 106 valence electrons. The molecule has 1 saturated carbocycles. The second-order valence-electron chi connectivity index (χ2n) is 5.23. The van der Waals surface area contributed by atoms with Crippen LogP contribution in [0.4, 0.5) is 5.69 Å². The van der Waals surface area contributed by atoms with E-state index in [0.717, 1.165) is 30.2 Å². The molecule has 0 heterocycles. The predicted molar refractivity (Wildman–Crippen MR) is 85.7 cm³/mol. The number of aliphatic hydroxyl groups is 1. The van der Waals surface area contributed by atoms with Crippen LogP contribution in [0.3, 0.4) is 0 Å². The van der Waals surface area contributed by atoms with Crippen LogP contribution in [-0.2, 0) is 0 Å². The lowest BCUT2D eigenvalue weighted by Crippen LogP contribution is -2.30. The summed E-state index contributed by atoms with van der Waals surface area (Å²) in [5.41, 5.74) is 1.22. The molecule has 0 amide bonds. The zero-order valence-corrected chi connectivity index (χ0v) is 13.8. The molecule has 1 aromatic carbocycles. The first kappa shape index (κ1) is 15.2. The number of nitrogens with one attached hydrogen (secondary N) is 1. The highest BCUT2D eigenvalue weighted by Crippen LogP contribution is 2.31. The number of hydrogen-bond donors (Lipinski definition) is 2. The van der Waals surface area contributed by atoms with Gasteiger partial charge in [0.05, 0.1) is 11.8 Å². The fourth-order valence-corrected chi connectivity index (χ4v) is 3.86. The lowest BCUT2D eigenvalue weighted by atomic mass is 9.94. The number of anilines is 1. The molecule has 0 aliphatic heterocycles. The Kier molecular flexibility index (Phi) is 5.57. The minimum Gasteiger partial charge on any atom is -0.393 e. The maximum atomic E-state index is 9.52. The zero-order valence-electron chi connectivity index (χ0n) is 11.4. The van der Waals surface area contributed by atoms with Gasteiger partial charge in [0, 0.05) is 29.5 Å². The summed E-state index contributed by atoms with van der Waals surface area (Å²) in [7, 11) is 4.12. The van der Waals surface area contributed by atoms with Gasteiger partial charge in [-0.25, -0.2) is 0 Å². The Hall–Kier alpha value is -0.230. The second-order valence-corrected chi connectivity index (χ2v) is 7.03. The van der Waals surface area contributed by atoms with Crippen LogP contribution in [0, 0.1) is 0 Å². The molecule has 19 heavy (non-hydrogen) atoms. The highest BCUT2D eigenvalue weighted by Gasteiger charge is 2.19. The van der Waals surface area contributed by atoms with E-state index >= 15 is 0 Å². The van der Waals surface area contributed by atoms with Crippen molar-refractivity contribution in [2.45, 2.75) is 42.7 Å². The molecular weight excluding hydrogens is 324 g/mol. The predicted octanol–water partition coefficient (Wildman–Crippen LogP) is 3.42. The summed E-state index contributed by atoms with van der Waals surface area (Å²) >= 11 is 5.22. The third-order valence-corrected chi connectivity index (χ3v) is 4.93. The third kappa shape index (κ3) is 4.38. The molecule has 0 aromatic heterocycles. The summed E-state index contributed by atoms with van der Waals surface area (Å²) in [5.74, 6) is 0. The highest BCUT2D eigenvalue weighted by atomic mass is 79.9. The van der Waals surface area contributed by atoms with Crippen LogP contribution in [0.5, 0.6) is 0 Å². The Morgan fingerprint density at radius 1 is 1.26 bits per heavy atom. The molecule has 0 bridgehead atoms. The maximum Gasteiger partial charge on any atom is 0.0541 e. The quantitative estimate of drug-likeness (QED) is 0.820.